The van der Waals surface area contributed by atoms with Crippen molar-refractivity contribution in [1.29, 1.82) is 0 Å². The Hall–Kier alpha value is -2.44. The number of pyridine rings is 1. The van der Waals surface area contributed by atoms with Crippen molar-refractivity contribution in [2.75, 3.05) is 11.9 Å². The first-order valence-electron chi connectivity index (χ1n) is 7.21. The van der Waals surface area contributed by atoms with Gasteiger partial charge in [-0.1, -0.05) is 23.2 Å². The summed E-state index contributed by atoms with van der Waals surface area (Å²) in [6.45, 7) is 2.36. The summed E-state index contributed by atoms with van der Waals surface area (Å²) < 4.78 is 0. The third kappa shape index (κ3) is 3.55. The molecule has 0 fully saturated rings. The van der Waals surface area contributed by atoms with Gasteiger partial charge in [0, 0.05) is 17.1 Å². The van der Waals surface area contributed by atoms with Gasteiger partial charge in [-0.2, -0.15) is 0 Å². The maximum atomic E-state index is 11.6. The topological polar surface area (TPSA) is 79.8 Å². The van der Waals surface area contributed by atoms with Crippen LogP contribution in [0.3, 0.4) is 0 Å². The van der Waals surface area contributed by atoms with E-state index in [0.29, 0.717) is 44.8 Å². The van der Waals surface area contributed by atoms with E-state index in [1.54, 1.807) is 36.5 Å². The molecular formula is C16H13Cl2N5O. The largest absolute Gasteiger partial charge is 0.338 e. The lowest BCUT2D eigenvalue weighted by Gasteiger charge is -2.07. The summed E-state index contributed by atoms with van der Waals surface area (Å²) in [5.74, 6) is 0.386. The van der Waals surface area contributed by atoms with Crippen molar-refractivity contribution in [2.24, 2.45) is 0 Å². The van der Waals surface area contributed by atoms with Crippen molar-refractivity contribution in [1.82, 2.24) is 20.3 Å². The van der Waals surface area contributed by atoms with E-state index in [9.17, 15) is 4.79 Å². The van der Waals surface area contributed by atoms with Crippen molar-refractivity contribution in [2.45, 2.75) is 6.92 Å². The average molecular weight is 362 g/mol. The molecule has 0 spiro atoms. The highest BCUT2D eigenvalue weighted by molar-refractivity contribution is 6.35. The first-order chi connectivity index (χ1) is 11.6. The molecule has 2 amide bonds. The molecule has 0 aliphatic rings. The maximum absolute atomic E-state index is 11.6. The molecule has 0 saturated heterocycles. The molecule has 0 aliphatic heterocycles. The summed E-state index contributed by atoms with van der Waals surface area (Å²) in [4.78, 5) is 24.7. The summed E-state index contributed by atoms with van der Waals surface area (Å²) in [6.07, 6.45) is 1.61. The van der Waals surface area contributed by atoms with E-state index in [-0.39, 0.29) is 6.03 Å². The maximum Gasteiger partial charge on any atom is 0.320 e. The number of amides is 2. The Kier molecular flexibility index (Phi) is 4.78. The second-order valence-corrected chi connectivity index (χ2v) is 5.75. The van der Waals surface area contributed by atoms with Crippen LogP contribution in [0.5, 0.6) is 0 Å². The molecule has 6 nitrogen and oxygen atoms in total. The second kappa shape index (κ2) is 6.98. The molecule has 122 valence electrons. The van der Waals surface area contributed by atoms with Gasteiger partial charge in [-0.25, -0.2) is 14.8 Å². The van der Waals surface area contributed by atoms with Crippen molar-refractivity contribution in [3.05, 3.63) is 46.6 Å². The molecule has 2 aromatic heterocycles. The Labute approximate surface area is 148 Å². The lowest BCUT2D eigenvalue weighted by molar-refractivity contribution is 0.252. The predicted molar refractivity (Wildman–Crippen MR) is 95.5 cm³/mol. The van der Waals surface area contributed by atoms with Crippen molar-refractivity contribution >= 4 is 46.2 Å². The Bertz CT molecular complexity index is 916. The lowest BCUT2D eigenvalue weighted by Crippen LogP contribution is -2.28. The minimum absolute atomic E-state index is 0.327. The molecular weight excluding hydrogens is 349 g/mol. The van der Waals surface area contributed by atoms with Crippen LogP contribution in [0.15, 0.2) is 36.5 Å². The number of hydrogen-bond donors (Lipinski definition) is 2. The van der Waals surface area contributed by atoms with E-state index in [2.05, 4.69) is 25.6 Å². The zero-order valence-electron chi connectivity index (χ0n) is 12.7. The third-order valence-electron chi connectivity index (χ3n) is 3.19. The number of nitrogens with one attached hydrogen (secondary N) is 2. The molecule has 1 aromatic carbocycles. The minimum Gasteiger partial charge on any atom is -0.338 e. The molecule has 0 unspecified atom stereocenters. The van der Waals surface area contributed by atoms with Gasteiger partial charge < -0.3 is 5.32 Å². The van der Waals surface area contributed by atoms with Gasteiger partial charge in [-0.05, 0) is 37.3 Å². The molecule has 0 saturated carbocycles. The lowest BCUT2D eigenvalue weighted by atomic mass is 10.1. The normalized spacial score (nSPS) is 10.6. The first-order valence-corrected chi connectivity index (χ1v) is 7.96. The number of rotatable bonds is 3. The summed E-state index contributed by atoms with van der Waals surface area (Å²) >= 11 is 12.2. The quantitative estimate of drug-likeness (QED) is 0.734. The average Bonchev–Trinajstić information content (AvgIpc) is 2.56. The number of urea groups is 1. The van der Waals surface area contributed by atoms with Crippen molar-refractivity contribution < 1.29 is 4.79 Å². The molecule has 0 radical (unpaired) electrons. The monoisotopic (exact) mass is 361 g/mol. The van der Waals surface area contributed by atoms with Gasteiger partial charge in [0.2, 0.25) is 0 Å². The van der Waals surface area contributed by atoms with Gasteiger partial charge in [0.1, 0.15) is 11.3 Å². The fourth-order valence-corrected chi connectivity index (χ4v) is 2.50. The third-order valence-corrected chi connectivity index (χ3v) is 3.75. The number of benzene rings is 1. The highest BCUT2D eigenvalue weighted by Crippen LogP contribution is 2.29. The number of fused-ring (bicyclic) bond motifs is 1. The molecule has 2 N–H and O–H groups in total. The molecule has 8 heteroatoms. The van der Waals surface area contributed by atoms with Crippen LogP contribution in [0.2, 0.25) is 10.0 Å². The molecule has 24 heavy (non-hydrogen) atoms. The highest BCUT2D eigenvalue weighted by atomic mass is 35.5. The van der Waals surface area contributed by atoms with Crippen LogP contribution in [-0.4, -0.2) is 27.5 Å². The molecule has 2 heterocycles. The molecule has 0 bridgehead atoms. The smallest absolute Gasteiger partial charge is 0.320 e. The number of hydrogen-bond acceptors (Lipinski definition) is 4. The fraction of sp³-hybridized carbons (Fsp3) is 0.125. The van der Waals surface area contributed by atoms with Crippen molar-refractivity contribution in [3.8, 4) is 11.3 Å². The molecule has 0 aliphatic carbocycles. The van der Waals surface area contributed by atoms with E-state index >= 15 is 0 Å². The number of nitrogens with zero attached hydrogens (tertiary/aromatic N) is 3. The zero-order chi connectivity index (χ0) is 17.1. The molecule has 3 aromatic rings. The van der Waals surface area contributed by atoms with Gasteiger partial charge in [0.05, 0.1) is 16.9 Å². The molecule has 3 rings (SSSR count). The van der Waals surface area contributed by atoms with E-state index in [1.807, 2.05) is 6.92 Å². The SMILES string of the molecule is CCNC(=O)Nc1ccc2ncc(-c3cc(Cl)ccc3Cl)nc2n1. The number of anilines is 1. The number of aromatic nitrogens is 3. The Morgan fingerprint density at radius 1 is 1.17 bits per heavy atom. The number of halogens is 2. The highest BCUT2D eigenvalue weighted by Gasteiger charge is 2.10. The predicted octanol–water partition coefficient (Wildman–Crippen LogP) is 4.14. The first kappa shape index (κ1) is 16.4. The van der Waals surface area contributed by atoms with Crippen LogP contribution in [0.25, 0.3) is 22.4 Å². The van der Waals surface area contributed by atoms with Gasteiger partial charge in [0.25, 0.3) is 0 Å². The zero-order valence-corrected chi connectivity index (χ0v) is 14.2. The van der Waals surface area contributed by atoms with E-state index in [4.69, 9.17) is 23.2 Å². The van der Waals surface area contributed by atoms with E-state index in [0.717, 1.165) is 0 Å². The standard InChI is InChI=1S/C16H13Cl2N5O/c1-2-19-16(24)23-14-6-5-12-15(22-14)21-13(8-20-12)10-7-9(17)3-4-11(10)18/h3-8H,2H2,1H3,(H2,19,21,22,23,24). The van der Waals surface area contributed by atoms with Crippen LogP contribution in [0.1, 0.15) is 6.92 Å². The second-order valence-electron chi connectivity index (χ2n) is 4.90. The van der Waals surface area contributed by atoms with Gasteiger partial charge in [0.15, 0.2) is 5.65 Å². The Morgan fingerprint density at radius 3 is 2.79 bits per heavy atom. The van der Waals surface area contributed by atoms with Crippen LogP contribution in [-0.2, 0) is 0 Å². The summed E-state index contributed by atoms with van der Waals surface area (Å²) in [7, 11) is 0. The van der Waals surface area contributed by atoms with E-state index < -0.39 is 0 Å². The number of carbonyl (C=O) groups is 1. The van der Waals surface area contributed by atoms with Crippen LogP contribution in [0, 0.1) is 0 Å². The minimum atomic E-state index is -0.327. The van der Waals surface area contributed by atoms with Crippen LogP contribution in [0.4, 0.5) is 10.6 Å². The van der Waals surface area contributed by atoms with Crippen molar-refractivity contribution in [3.63, 3.8) is 0 Å². The van der Waals surface area contributed by atoms with Gasteiger partial charge in [-0.3, -0.25) is 10.3 Å². The summed E-state index contributed by atoms with van der Waals surface area (Å²) in [5.41, 5.74) is 2.23. The van der Waals surface area contributed by atoms with E-state index in [1.165, 1.54) is 0 Å². The van der Waals surface area contributed by atoms with Gasteiger partial charge in [-0.15, -0.1) is 0 Å². The van der Waals surface area contributed by atoms with Gasteiger partial charge >= 0.3 is 6.03 Å². The Morgan fingerprint density at radius 2 is 2.00 bits per heavy atom. The number of carbonyl (C=O) groups excluding carboxylic acids is 1. The van der Waals surface area contributed by atoms with Crippen LogP contribution >= 0.6 is 23.2 Å². The molecule has 0 atom stereocenters. The summed E-state index contributed by atoms with van der Waals surface area (Å²) in [5, 5.41) is 6.34. The van der Waals surface area contributed by atoms with Crippen LogP contribution < -0.4 is 10.6 Å². The Balaban J connectivity index is 2.00. The fourth-order valence-electron chi connectivity index (χ4n) is 2.11. The summed E-state index contributed by atoms with van der Waals surface area (Å²) in [6, 6.07) is 8.20.